The van der Waals surface area contributed by atoms with Crippen LogP contribution in [0.2, 0.25) is 0 Å². The predicted octanol–water partition coefficient (Wildman–Crippen LogP) is 3.52. The molecule has 0 radical (unpaired) electrons. The van der Waals surface area contributed by atoms with Gasteiger partial charge >= 0.3 is 0 Å². The number of hydrogen-bond acceptors (Lipinski definition) is 2. The van der Waals surface area contributed by atoms with E-state index in [4.69, 9.17) is 0 Å². The van der Waals surface area contributed by atoms with Crippen molar-refractivity contribution in [1.82, 2.24) is 0 Å². The lowest BCUT2D eigenvalue weighted by Gasteiger charge is -2.23. The standard InChI is InChI=1S/C15H21NO/c1-4-14(17)12-7-5-6-8-13(12)16-10-9-15(2,3)11-16/h5-8H,4,9-11H2,1-3H3. The Morgan fingerprint density at radius 1 is 1.35 bits per heavy atom. The number of ketones is 1. The number of benzene rings is 1. The Morgan fingerprint density at radius 2 is 2.06 bits per heavy atom. The van der Waals surface area contributed by atoms with Crippen LogP contribution in [0.3, 0.4) is 0 Å². The second kappa shape index (κ2) is 4.52. The third-order valence-electron chi connectivity index (χ3n) is 3.54. The minimum atomic E-state index is 0.241. The summed E-state index contributed by atoms with van der Waals surface area (Å²) in [5.41, 5.74) is 2.36. The van der Waals surface area contributed by atoms with Gasteiger partial charge in [0.1, 0.15) is 0 Å². The zero-order chi connectivity index (χ0) is 12.5. The minimum absolute atomic E-state index is 0.241. The number of nitrogens with zero attached hydrogens (tertiary/aromatic N) is 1. The van der Waals surface area contributed by atoms with E-state index in [0.29, 0.717) is 11.8 Å². The molecular formula is C15H21NO. The van der Waals surface area contributed by atoms with Gasteiger partial charge in [-0.15, -0.1) is 0 Å². The van der Waals surface area contributed by atoms with Crippen LogP contribution in [0.5, 0.6) is 0 Å². The second-order valence-corrected chi connectivity index (χ2v) is 5.63. The first kappa shape index (κ1) is 12.2. The fourth-order valence-corrected chi connectivity index (χ4v) is 2.49. The summed E-state index contributed by atoms with van der Waals surface area (Å²) in [6, 6.07) is 8.00. The third kappa shape index (κ3) is 2.51. The van der Waals surface area contributed by atoms with Crippen LogP contribution < -0.4 is 4.90 Å². The zero-order valence-electron chi connectivity index (χ0n) is 11.0. The average molecular weight is 231 g/mol. The van der Waals surface area contributed by atoms with E-state index in [1.54, 1.807) is 0 Å². The molecule has 0 amide bonds. The molecule has 0 saturated carbocycles. The van der Waals surface area contributed by atoms with Crippen LogP contribution in [0.1, 0.15) is 44.0 Å². The number of carbonyl (C=O) groups excluding carboxylic acids is 1. The van der Waals surface area contributed by atoms with E-state index >= 15 is 0 Å². The Bertz CT molecular complexity index is 423. The highest BCUT2D eigenvalue weighted by Crippen LogP contribution is 2.34. The van der Waals surface area contributed by atoms with E-state index in [-0.39, 0.29) is 5.78 Å². The van der Waals surface area contributed by atoms with Crippen molar-refractivity contribution in [3.8, 4) is 0 Å². The fraction of sp³-hybridized carbons (Fsp3) is 0.533. The van der Waals surface area contributed by atoms with Crippen molar-refractivity contribution in [3.63, 3.8) is 0 Å². The Morgan fingerprint density at radius 3 is 2.65 bits per heavy atom. The van der Waals surface area contributed by atoms with E-state index < -0.39 is 0 Å². The molecule has 0 spiro atoms. The molecule has 2 nitrogen and oxygen atoms in total. The normalized spacial score (nSPS) is 18.4. The van der Waals surface area contributed by atoms with Gasteiger partial charge in [0.15, 0.2) is 5.78 Å². The van der Waals surface area contributed by atoms with Crippen molar-refractivity contribution in [1.29, 1.82) is 0 Å². The van der Waals surface area contributed by atoms with Crippen molar-refractivity contribution in [2.24, 2.45) is 5.41 Å². The number of Topliss-reactive ketones (excluding diaryl/α,β-unsaturated/α-hetero) is 1. The van der Waals surface area contributed by atoms with Crippen LogP contribution in [0, 0.1) is 5.41 Å². The van der Waals surface area contributed by atoms with Crippen LogP contribution in [0.25, 0.3) is 0 Å². The van der Waals surface area contributed by atoms with E-state index in [9.17, 15) is 4.79 Å². The highest BCUT2D eigenvalue weighted by molar-refractivity contribution is 6.01. The summed E-state index contributed by atoms with van der Waals surface area (Å²) in [5, 5.41) is 0. The number of hydrogen-bond donors (Lipinski definition) is 0. The van der Waals surface area contributed by atoms with Crippen molar-refractivity contribution < 1.29 is 4.79 Å². The minimum Gasteiger partial charge on any atom is -0.370 e. The van der Waals surface area contributed by atoms with Crippen molar-refractivity contribution >= 4 is 11.5 Å². The molecule has 0 bridgehead atoms. The molecule has 1 aromatic carbocycles. The summed E-state index contributed by atoms with van der Waals surface area (Å²) in [6.07, 6.45) is 1.77. The predicted molar refractivity (Wildman–Crippen MR) is 71.7 cm³/mol. The first-order chi connectivity index (χ1) is 8.03. The largest absolute Gasteiger partial charge is 0.370 e. The van der Waals surface area contributed by atoms with E-state index in [1.165, 1.54) is 6.42 Å². The van der Waals surface area contributed by atoms with Gasteiger partial charge in [0.2, 0.25) is 0 Å². The van der Waals surface area contributed by atoms with Gasteiger partial charge in [0, 0.05) is 30.8 Å². The summed E-state index contributed by atoms with van der Waals surface area (Å²) >= 11 is 0. The molecule has 2 rings (SSSR count). The van der Waals surface area contributed by atoms with Crippen molar-refractivity contribution in [3.05, 3.63) is 29.8 Å². The highest BCUT2D eigenvalue weighted by Gasteiger charge is 2.30. The van der Waals surface area contributed by atoms with E-state index in [1.807, 2.05) is 25.1 Å². The average Bonchev–Trinajstić information content (AvgIpc) is 2.68. The number of rotatable bonds is 3. The second-order valence-electron chi connectivity index (χ2n) is 5.63. The first-order valence-electron chi connectivity index (χ1n) is 6.41. The van der Waals surface area contributed by atoms with Gasteiger partial charge in [-0.1, -0.05) is 32.9 Å². The molecule has 1 aliphatic heterocycles. The Kier molecular flexibility index (Phi) is 3.23. The van der Waals surface area contributed by atoms with E-state index in [0.717, 1.165) is 24.3 Å². The Hall–Kier alpha value is -1.31. The number of para-hydroxylation sites is 1. The van der Waals surface area contributed by atoms with E-state index in [2.05, 4.69) is 24.8 Å². The smallest absolute Gasteiger partial charge is 0.164 e. The Labute approximate surface area is 104 Å². The topological polar surface area (TPSA) is 20.3 Å². The monoisotopic (exact) mass is 231 g/mol. The lowest BCUT2D eigenvalue weighted by molar-refractivity contribution is 0.0988. The van der Waals surface area contributed by atoms with Gasteiger partial charge in [0.25, 0.3) is 0 Å². The van der Waals surface area contributed by atoms with Crippen LogP contribution in [0.15, 0.2) is 24.3 Å². The number of anilines is 1. The third-order valence-corrected chi connectivity index (χ3v) is 3.54. The maximum Gasteiger partial charge on any atom is 0.164 e. The summed E-state index contributed by atoms with van der Waals surface area (Å²) in [6.45, 7) is 8.60. The SMILES string of the molecule is CCC(=O)c1ccccc1N1CCC(C)(C)C1. The lowest BCUT2D eigenvalue weighted by atomic mass is 9.93. The quantitative estimate of drug-likeness (QED) is 0.742. The summed E-state index contributed by atoms with van der Waals surface area (Å²) in [5.74, 6) is 0.241. The van der Waals surface area contributed by atoms with Gasteiger partial charge in [-0.3, -0.25) is 4.79 Å². The zero-order valence-corrected chi connectivity index (χ0v) is 11.0. The molecule has 0 aromatic heterocycles. The molecule has 1 fully saturated rings. The number of carbonyl (C=O) groups is 1. The van der Waals surface area contributed by atoms with Gasteiger partial charge in [0.05, 0.1) is 0 Å². The maximum absolute atomic E-state index is 11.9. The molecule has 0 N–H and O–H groups in total. The summed E-state index contributed by atoms with van der Waals surface area (Å²) in [7, 11) is 0. The van der Waals surface area contributed by atoms with Gasteiger partial charge in [-0.25, -0.2) is 0 Å². The Balaban J connectivity index is 2.30. The van der Waals surface area contributed by atoms with Crippen LogP contribution >= 0.6 is 0 Å². The van der Waals surface area contributed by atoms with Gasteiger partial charge < -0.3 is 4.90 Å². The molecule has 2 heteroatoms. The van der Waals surface area contributed by atoms with Crippen molar-refractivity contribution in [2.75, 3.05) is 18.0 Å². The molecule has 1 saturated heterocycles. The van der Waals surface area contributed by atoms with Crippen molar-refractivity contribution in [2.45, 2.75) is 33.6 Å². The maximum atomic E-state index is 11.9. The summed E-state index contributed by atoms with van der Waals surface area (Å²) < 4.78 is 0. The summed E-state index contributed by atoms with van der Waals surface area (Å²) in [4.78, 5) is 14.3. The fourth-order valence-electron chi connectivity index (χ4n) is 2.49. The first-order valence-corrected chi connectivity index (χ1v) is 6.41. The molecule has 92 valence electrons. The van der Waals surface area contributed by atoms with Gasteiger partial charge in [-0.05, 0) is 24.0 Å². The molecular weight excluding hydrogens is 210 g/mol. The highest BCUT2D eigenvalue weighted by atomic mass is 16.1. The van der Waals surface area contributed by atoms with Crippen LogP contribution in [-0.2, 0) is 0 Å². The molecule has 0 unspecified atom stereocenters. The molecule has 1 heterocycles. The van der Waals surface area contributed by atoms with Crippen LogP contribution in [-0.4, -0.2) is 18.9 Å². The molecule has 0 atom stereocenters. The van der Waals surface area contributed by atoms with Crippen LogP contribution in [0.4, 0.5) is 5.69 Å². The van der Waals surface area contributed by atoms with Gasteiger partial charge in [-0.2, -0.15) is 0 Å². The molecule has 1 aliphatic rings. The molecule has 17 heavy (non-hydrogen) atoms. The molecule has 1 aromatic rings. The molecule has 0 aliphatic carbocycles. The lowest BCUT2D eigenvalue weighted by Crippen LogP contribution is -2.24.